The minimum atomic E-state index is -0.468. The molecular formula is C19H24N2O2. The molecule has 122 valence electrons. The lowest BCUT2D eigenvalue weighted by Crippen LogP contribution is -2.23. The van der Waals surface area contributed by atoms with E-state index in [1.54, 1.807) is 0 Å². The van der Waals surface area contributed by atoms with Crippen molar-refractivity contribution in [3.05, 3.63) is 65.5 Å². The molecule has 0 aliphatic carbocycles. The third-order valence-electron chi connectivity index (χ3n) is 3.26. The fraction of sp³-hybridized carbons (Fsp3) is 0.368. The number of nitrogens with zero attached hydrogens (tertiary/aromatic N) is 1. The number of hydrogen-bond acceptors (Lipinski definition) is 4. The van der Waals surface area contributed by atoms with Crippen LogP contribution in [0.25, 0.3) is 0 Å². The van der Waals surface area contributed by atoms with Gasteiger partial charge in [-0.1, -0.05) is 12.1 Å². The standard InChI is InChI=1S/C19H24N2O2/c1-19(2,3)23-18(22)17-6-4-16(5-7-17)14-21-13-10-15-8-11-20-12-9-15/h4-9,11-12,21H,10,13-14H2,1-3H3. The molecule has 1 aromatic heterocycles. The molecule has 0 saturated heterocycles. The molecule has 0 bridgehead atoms. The maximum absolute atomic E-state index is 11.9. The van der Waals surface area contributed by atoms with Crippen LogP contribution in [0.15, 0.2) is 48.8 Å². The predicted molar refractivity (Wildman–Crippen MR) is 91.3 cm³/mol. The molecule has 2 aromatic rings. The molecule has 0 radical (unpaired) electrons. The zero-order valence-electron chi connectivity index (χ0n) is 14.0. The van der Waals surface area contributed by atoms with Gasteiger partial charge in [-0.25, -0.2) is 4.79 Å². The number of pyridine rings is 1. The van der Waals surface area contributed by atoms with Crippen LogP contribution in [0.5, 0.6) is 0 Å². The van der Waals surface area contributed by atoms with Crippen molar-refractivity contribution in [3.63, 3.8) is 0 Å². The van der Waals surface area contributed by atoms with Crippen LogP contribution in [-0.2, 0) is 17.7 Å². The topological polar surface area (TPSA) is 51.2 Å². The number of hydrogen-bond donors (Lipinski definition) is 1. The van der Waals surface area contributed by atoms with Gasteiger partial charge in [0.25, 0.3) is 0 Å². The number of carbonyl (C=O) groups excluding carboxylic acids is 1. The molecule has 4 nitrogen and oxygen atoms in total. The Balaban J connectivity index is 1.78. The number of nitrogens with one attached hydrogen (secondary N) is 1. The maximum Gasteiger partial charge on any atom is 0.338 e. The Bertz CT molecular complexity index is 616. The Hall–Kier alpha value is -2.20. The Labute approximate surface area is 137 Å². The van der Waals surface area contributed by atoms with Gasteiger partial charge in [-0.15, -0.1) is 0 Å². The molecule has 0 aliphatic rings. The molecule has 1 heterocycles. The Kier molecular flexibility index (Phi) is 5.88. The van der Waals surface area contributed by atoms with Crippen molar-refractivity contribution in [1.29, 1.82) is 0 Å². The quantitative estimate of drug-likeness (QED) is 0.656. The summed E-state index contributed by atoms with van der Waals surface area (Å²) in [5.74, 6) is -0.283. The van der Waals surface area contributed by atoms with Gasteiger partial charge in [0.15, 0.2) is 0 Å². The summed E-state index contributed by atoms with van der Waals surface area (Å²) in [5, 5.41) is 3.40. The second-order valence-corrected chi connectivity index (χ2v) is 6.48. The summed E-state index contributed by atoms with van der Waals surface area (Å²) in [4.78, 5) is 16.0. The number of carbonyl (C=O) groups is 1. The van der Waals surface area contributed by atoms with Crippen LogP contribution in [0.1, 0.15) is 42.3 Å². The van der Waals surface area contributed by atoms with E-state index in [0.717, 1.165) is 25.1 Å². The molecule has 0 amide bonds. The van der Waals surface area contributed by atoms with Gasteiger partial charge >= 0.3 is 5.97 Å². The summed E-state index contributed by atoms with van der Waals surface area (Å²) in [7, 11) is 0. The van der Waals surface area contributed by atoms with Crippen molar-refractivity contribution >= 4 is 5.97 Å². The van der Waals surface area contributed by atoms with Crippen LogP contribution in [0, 0.1) is 0 Å². The summed E-state index contributed by atoms with van der Waals surface area (Å²) in [6, 6.07) is 11.6. The summed E-state index contributed by atoms with van der Waals surface area (Å²) in [6.07, 6.45) is 4.59. The van der Waals surface area contributed by atoms with Gasteiger partial charge < -0.3 is 10.1 Å². The summed E-state index contributed by atoms with van der Waals surface area (Å²) < 4.78 is 5.35. The molecule has 1 aromatic carbocycles. The third kappa shape index (κ3) is 6.20. The van der Waals surface area contributed by atoms with E-state index in [4.69, 9.17) is 4.74 Å². The van der Waals surface area contributed by atoms with Crippen LogP contribution >= 0.6 is 0 Å². The van der Waals surface area contributed by atoms with E-state index in [0.29, 0.717) is 5.56 Å². The van der Waals surface area contributed by atoms with Crippen molar-refractivity contribution < 1.29 is 9.53 Å². The zero-order valence-corrected chi connectivity index (χ0v) is 14.0. The van der Waals surface area contributed by atoms with Gasteiger partial charge in [0.2, 0.25) is 0 Å². The van der Waals surface area contributed by atoms with Crippen LogP contribution < -0.4 is 5.32 Å². The number of ether oxygens (including phenoxy) is 1. The first-order chi connectivity index (χ1) is 10.9. The van der Waals surface area contributed by atoms with E-state index in [1.165, 1.54) is 5.56 Å². The zero-order chi connectivity index (χ0) is 16.7. The molecule has 1 N–H and O–H groups in total. The smallest absolute Gasteiger partial charge is 0.338 e. The molecule has 0 atom stereocenters. The molecule has 23 heavy (non-hydrogen) atoms. The van der Waals surface area contributed by atoms with E-state index in [1.807, 2.05) is 69.6 Å². The number of esters is 1. The Morgan fingerprint density at radius 1 is 1.04 bits per heavy atom. The van der Waals surface area contributed by atoms with Crippen molar-refractivity contribution in [2.45, 2.75) is 39.3 Å². The van der Waals surface area contributed by atoms with Crippen molar-refractivity contribution in [3.8, 4) is 0 Å². The van der Waals surface area contributed by atoms with Crippen LogP contribution in [0.3, 0.4) is 0 Å². The molecule has 0 unspecified atom stereocenters. The fourth-order valence-electron chi connectivity index (χ4n) is 2.11. The van der Waals surface area contributed by atoms with Crippen LogP contribution in [0.2, 0.25) is 0 Å². The molecule has 4 heteroatoms. The number of aromatic nitrogens is 1. The van der Waals surface area contributed by atoms with Gasteiger partial charge in [-0.05, 0) is 69.1 Å². The molecule has 0 fully saturated rings. The average molecular weight is 312 g/mol. The van der Waals surface area contributed by atoms with E-state index in [9.17, 15) is 4.79 Å². The normalized spacial score (nSPS) is 11.3. The van der Waals surface area contributed by atoms with E-state index >= 15 is 0 Å². The monoisotopic (exact) mass is 312 g/mol. The number of rotatable bonds is 6. The van der Waals surface area contributed by atoms with Crippen molar-refractivity contribution in [2.24, 2.45) is 0 Å². The lowest BCUT2D eigenvalue weighted by molar-refractivity contribution is 0.00695. The lowest BCUT2D eigenvalue weighted by Gasteiger charge is -2.19. The van der Waals surface area contributed by atoms with E-state index in [2.05, 4.69) is 10.3 Å². The van der Waals surface area contributed by atoms with Gasteiger partial charge in [0.1, 0.15) is 5.60 Å². The minimum absolute atomic E-state index is 0.283. The summed E-state index contributed by atoms with van der Waals surface area (Å²) in [6.45, 7) is 7.28. The highest BCUT2D eigenvalue weighted by Gasteiger charge is 2.17. The molecule has 0 spiro atoms. The molecule has 0 aliphatic heterocycles. The highest BCUT2D eigenvalue weighted by atomic mass is 16.6. The second-order valence-electron chi connectivity index (χ2n) is 6.48. The Morgan fingerprint density at radius 3 is 2.30 bits per heavy atom. The fourth-order valence-corrected chi connectivity index (χ4v) is 2.11. The van der Waals surface area contributed by atoms with Gasteiger partial charge in [0.05, 0.1) is 5.56 Å². The van der Waals surface area contributed by atoms with Crippen molar-refractivity contribution in [1.82, 2.24) is 10.3 Å². The SMILES string of the molecule is CC(C)(C)OC(=O)c1ccc(CNCCc2ccncc2)cc1. The van der Waals surface area contributed by atoms with E-state index in [-0.39, 0.29) is 5.97 Å². The molecular weight excluding hydrogens is 288 g/mol. The van der Waals surface area contributed by atoms with Gasteiger partial charge in [0, 0.05) is 18.9 Å². The molecule has 0 saturated carbocycles. The maximum atomic E-state index is 11.9. The highest BCUT2D eigenvalue weighted by molar-refractivity contribution is 5.89. The van der Waals surface area contributed by atoms with Gasteiger partial charge in [-0.3, -0.25) is 4.98 Å². The first kappa shape index (κ1) is 17.2. The Morgan fingerprint density at radius 2 is 1.70 bits per heavy atom. The van der Waals surface area contributed by atoms with Crippen molar-refractivity contribution in [2.75, 3.05) is 6.54 Å². The predicted octanol–water partition coefficient (Wildman–Crippen LogP) is 3.37. The van der Waals surface area contributed by atoms with Gasteiger partial charge in [-0.2, -0.15) is 0 Å². The second kappa shape index (κ2) is 7.88. The average Bonchev–Trinajstić information content (AvgIpc) is 2.51. The first-order valence-electron chi connectivity index (χ1n) is 7.86. The number of benzene rings is 1. The first-order valence-corrected chi connectivity index (χ1v) is 7.86. The largest absolute Gasteiger partial charge is 0.456 e. The highest BCUT2D eigenvalue weighted by Crippen LogP contribution is 2.12. The third-order valence-corrected chi connectivity index (χ3v) is 3.26. The summed E-state index contributed by atoms with van der Waals surface area (Å²) >= 11 is 0. The lowest BCUT2D eigenvalue weighted by atomic mass is 10.1. The minimum Gasteiger partial charge on any atom is -0.456 e. The summed E-state index contributed by atoms with van der Waals surface area (Å²) in [5.41, 5.74) is 2.53. The van der Waals surface area contributed by atoms with Crippen LogP contribution in [-0.4, -0.2) is 23.1 Å². The molecule has 2 rings (SSSR count). The van der Waals surface area contributed by atoms with E-state index < -0.39 is 5.60 Å². The van der Waals surface area contributed by atoms with Crippen LogP contribution in [0.4, 0.5) is 0 Å².